The quantitative estimate of drug-likeness (QED) is 0.772. The first kappa shape index (κ1) is 12.9. The van der Waals surface area contributed by atoms with E-state index in [1.165, 1.54) is 12.8 Å². The maximum atomic E-state index is 9.08. The fraction of sp³-hybridized carbons (Fsp3) is 1.00. The lowest BCUT2D eigenvalue weighted by molar-refractivity contribution is -0.0897. The Labute approximate surface area is 109 Å². The van der Waals surface area contributed by atoms with Gasteiger partial charge >= 0.3 is 0 Å². The van der Waals surface area contributed by atoms with Gasteiger partial charge in [0.1, 0.15) is 0 Å². The Bertz CT molecular complexity index is 285. The van der Waals surface area contributed by atoms with Crippen molar-refractivity contribution in [2.45, 2.75) is 50.2 Å². The van der Waals surface area contributed by atoms with Crippen LogP contribution in [-0.2, 0) is 9.47 Å². The number of hydrogen-bond donors (Lipinski definition) is 2. The van der Waals surface area contributed by atoms with Crippen LogP contribution < -0.4 is 5.32 Å². The number of ether oxygens (including phenoxy) is 2. The summed E-state index contributed by atoms with van der Waals surface area (Å²) in [5.74, 6) is 0. The third-order valence-corrected chi connectivity index (χ3v) is 4.93. The lowest BCUT2D eigenvalue weighted by Gasteiger charge is -2.38. The Morgan fingerprint density at radius 3 is 2.78 bits per heavy atom. The second-order valence-corrected chi connectivity index (χ2v) is 6.38. The Hall–Kier alpha value is -0.160. The molecular weight excluding hydrogens is 230 g/mol. The van der Waals surface area contributed by atoms with Gasteiger partial charge in [0.2, 0.25) is 0 Å². The molecule has 3 aliphatic rings. The Morgan fingerprint density at radius 1 is 1.22 bits per heavy atom. The maximum absolute atomic E-state index is 9.08. The highest BCUT2D eigenvalue weighted by molar-refractivity contribution is 4.97. The molecule has 2 atom stereocenters. The van der Waals surface area contributed by atoms with Gasteiger partial charge in [0, 0.05) is 38.8 Å². The Morgan fingerprint density at radius 2 is 2.11 bits per heavy atom. The average Bonchev–Trinajstić information content (AvgIpc) is 3.01. The summed E-state index contributed by atoms with van der Waals surface area (Å²) in [5, 5.41) is 12.8. The summed E-state index contributed by atoms with van der Waals surface area (Å²) < 4.78 is 11.4. The number of aliphatic hydroxyl groups is 1. The third kappa shape index (κ3) is 2.72. The molecule has 0 radical (unpaired) electrons. The van der Waals surface area contributed by atoms with Crippen LogP contribution in [0, 0.1) is 5.41 Å². The van der Waals surface area contributed by atoms with Crippen LogP contribution in [0.3, 0.4) is 0 Å². The zero-order chi connectivity index (χ0) is 12.5. The zero-order valence-electron chi connectivity index (χ0n) is 11.1. The van der Waals surface area contributed by atoms with E-state index in [1.807, 2.05) is 0 Å². The molecule has 4 nitrogen and oxygen atoms in total. The van der Waals surface area contributed by atoms with Gasteiger partial charge in [-0.15, -0.1) is 0 Å². The van der Waals surface area contributed by atoms with Crippen LogP contribution in [0.25, 0.3) is 0 Å². The van der Waals surface area contributed by atoms with E-state index in [4.69, 9.17) is 14.6 Å². The van der Waals surface area contributed by atoms with Gasteiger partial charge in [-0.25, -0.2) is 0 Å². The van der Waals surface area contributed by atoms with Crippen molar-refractivity contribution in [3.05, 3.63) is 0 Å². The molecule has 1 spiro atoms. The minimum Gasteiger partial charge on any atom is -0.396 e. The van der Waals surface area contributed by atoms with Gasteiger partial charge in [0.25, 0.3) is 0 Å². The van der Waals surface area contributed by atoms with E-state index < -0.39 is 0 Å². The largest absolute Gasteiger partial charge is 0.396 e. The van der Waals surface area contributed by atoms with Crippen molar-refractivity contribution in [3.8, 4) is 0 Å². The molecule has 2 heterocycles. The van der Waals surface area contributed by atoms with Crippen molar-refractivity contribution in [2.24, 2.45) is 5.41 Å². The van der Waals surface area contributed by atoms with Crippen molar-refractivity contribution in [3.63, 3.8) is 0 Å². The molecule has 0 amide bonds. The minimum atomic E-state index is 0.00358. The van der Waals surface area contributed by atoms with Crippen molar-refractivity contribution >= 4 is 0 Å². The summed E-state index contributed by atoms with van der Waals surface area (Å²) in [6, 6.07) is 0.566. The van der Waals surface area contributed by atoms with Gasteiger partial charge in [-0.1, -0.05) is 0 Å². The summed E-state index contributed by atoms with van der Waals surface area (Å²) in [7, 11) is 0. The highest BCUT2D eigenvalue weighted by Crippen LogP contribution is 2.48. The summed E-state index contributed by atoms with van der Waals surface area (Å²) in [5.41, 5.74) is 0.413. The summed E-state index contributed by atoms with van der Waals surface area (Å²) in [6.07, 6.45) is 6.75. The molecule has 2 unspecified atom stereocenters. The second kappa shape index (κ2) is 5.08. The van der Waals surface area contributed by atoms with E-state index in [1.54, 1.807) is 0 Å². The topological polar surface area (TPSA) is 50.7 Å². The fourth-order valence-corrected chi connectivity index (χ4v) is 3.36. The van der Waals surface area contributed by atoms with Gasteiger partial charge in [0.05, 0.1) is 12.2 Å². The van der Waals surface area contributed by atoms with Crippen LogP contribution in [0.15, 0.2) is 0 Å². The summed E-state index contributed by atoms with van der Waals surface area (Å²) in [6.45, 7) is 3.87. The molecule has 18 heavy (non-hydrogen) atoms. The van der Waals surface area contributed by atoms with Gasteiger partial charge in [-0.05, 0) is 37.5 Å². The molecule has 2 aliphatic heterocycles. The minimum absolute atomic E-state index is 0.00358. The molecule has 0 aromatic carbocycles. The lowest BCUT2D eigenvalue weighted by atomic mass is 9.89. The fourth-order valence-electron chi connectivity index (χ4n) is 3.36. The Balaban J connectivity index is 1.48. The monoisotopic (exact) mass is 255 g/mol. The van der Waals surface area contributed by atoms with Crippen molar-refractivity contribution in [1.82, 2.24) is 5.32 Å². The molecule has 2 N–H and O–H groups in total. The van der Waals surface area contributed by atoms with E-state index in [0.717, 1.165) is 52.0 Å². The van der Waals surface area contributed by atoms with Gasteiger partial charge in [0.15, 0.2) is 0 Å². The lowest BCUT2D eigenvalue weighted by Crippen LogP contribution is -2.48. The number of nitrogens with one attached hydrogen (secondary N) is 1. The normalized spacial score (nSPS) is 38.2. The molecule has 1 saturated carbocycles. The molecule has 1 aliphatic carbocycles. The molecule has 0 aromatic rings. The highest BCUT2D eigenvalue weighted by Gasteiger charge is 2.44. The van der Waals surface area contributed by atoms with Gasteiger partial charge < -0.3 is 19.9 Å². The Kier molecular flexibility index (Phi) is 3.63. The second-order valence-electron chi connectivity index (χ2n) is 6.38. The van der Waals surface area contributed by atoms with Crippen LogP contribution in [0.4, 0.5) is 0 Å². The zero-order valence-corrected chi connectivity index (χ0v) is 11.1. The molecule has 3 rings (SSSR count). The summed E-state index contributed by atoms with van der Waals surface area (Å²) in [4.78, 5) is 0. The standard InChI is InChI=1S/C14H25NO3/c16-6-4-13(2-3-13)10-15-12-1-7-18-14(9-12)5-8-17-11-14/h12,15-16H,1-11H2. The first-order valence-corrected chi connectivity index (χ1v) is 7.32. The average molecular weight is 255 g/mol. The van der Waals surface area contributed by atoms with E-state index in [-0.39, 0.29) is 5.60 Å². The molecule has 0 bridgehead atoms. The summed E-state index contributed by atoms with van der Waals surface area (Å²) >= 11 is 0. The number of aliphatic hydroxyl groups excluding tert-OH is 1. The molecule has 3 fully saturated rings. The van der Waals surface area contributed by atoms with Crippen molar-refractivity contribution in [2.75, 3.05) is 33.0 Å². The van der Waals surface area contributed by atoms with Crippen LogP contribution >= 0.6 is 0 Å². The number of rotatable bonds is 5. The van der Waals surface area contributed by atoms with E-state index in [9.17, 15) is 0 Å². The molecule has 4 heteroatoms. The van der Waals surface area contributed by atoms with E-state index in [2.05, 4.69) is 5.32 Å². The van der Waals surface area contributed by atoms with Crippen molar-refractivity contribution < 1.29 is 14.6 Å². The van der Waals surface area contributed by atoms with Crippen molar-refractivity contribution in [1.29, 1.82) is 0 Å². The SMILES string of the molecule is OCCC1(CNC2CCOC3(CCOC3)C2)CC1. The molecule has 104 valence electrons. The van der Waals surface area contributed by atoms with Crippen LogP contribution in [0.5, 0.6) is 0 Å². The number of hydrogen-bond acceptors (Lipinski definition) is 4. The van der Waals surface area contributed by atoms with E-state index in [0.29, 0.717) is 18.1 Å². The molecular formula is C14H25NO3. The smallest absolute Gasteiger partial charge is 0.0951 e. The van der Waals surface area contributed by atoms with E-state index >= 15 is 0 Å². The van der Waals surface area contributed by atoms with Crippen LogP contribution in [0.2, 0.25) is 0 Å². The highest BCUT2D eigenvalue weighted by atomic mass is 16.6. The predicted molar refractivity (Wildman–Crippen MR) is 68.5 cm³/mol. The first-order valence-electron chi connectivity index (χ1n) is 7.32. The molecule has 0 aromatic heterocycles. The van der Waals surface area contributed by atoms with Crippen LogP contribution in [-0.4, -0.2) is 49.7 Å². The predicted octanol–water partition coefficient (Wildman–Crippen LogP) is 1.08. The molecule has 2 saturated heterocycles. The maximum Gasteiger partial charge on any atom is 0.0951 e. The first-order chi connectivity index (χ1) is 8.76. The van der Waals surface area contributed by atoms with Gasteiger partial charge in [-0.3, -0.25) is 0 Å². The third-order valence-electron chi connectivity index (χ3n) is 4.93. The van der Waals surface area contributed by atoms with Crippen LogP contribution in [0.1, 0.15) is 38.5 Å². The van der Waals surface area contributed by atoms with Gasteiger partial charge in [-0.2, -0.15) is 0 Å².